The number of hydrogen-bond donors (Lipinski definition) is 2. The first kappa shape index (κ1) is 19.5. The topological polar surface area (TPSA) is 79.8 Å². The van der Waals surface area contributed by atoms with Crippen LogP contribution >= 0.6 is 11.8 Å². The van der Waals surface area contributed by atoms with E-state index in [9.17, 15) is 9.59 Å². The molecule has 0 unspecified atom stereocenters. The van der Waals surface area contributed by atoms with Gasteiger partial charge in [-0.25, -0.2) is 0 Å². The largest absolute Gasteiger partial charge is 0.382 e. The monoisotopic (exact) mass is 363 g/mol. The van der Waals surface area contributed by atoms with Crippen LogP contribution < -0.4 is 10.6 Å². The lowest BCUT2D eigenvalue weighted by Gasteiger charge is -2.12. The highest BCUT2D eigenvalue weighted by Gasteiger charge is 2.32. The molecule has 136 valence electrons. The lowest BCUT2D eigenvalue weighted by molar-refractivity contribution is -0.122. The summed E-state index contributed by atoms with van der Waals surface area (Å²) in [5.74, 6) is -0.326. The molecule has 0 radical (unpaired) electrons. The van der Waals surface area contributed by atoms with Crippen LogP contribution in [0.25, 0.3) is 0 Å². The lowest BCUT2D eigenvalue weighted by Crippen LogP contribution is -2.28. The standard InChI is InChI=1S/C18H25N3O3S/c1-4-24-10-6-9-19-18-21-17(23)14(25-18)11-15(22)20-16-12(2)7-5-8-13(16)3/h5,7-8,14H,4,6,9-11H2,1-3H3,(H,20,22)(H,19,21,23)/t14-/m1/s1. The van der Waals surface area contributed by atoms with Crippen LogP contribution in [0.15, 0.2) is 23.2 Å². The number of carbonyl (C=O) groups excluding carboxylic acids is 2. The second-order valence-electron chi connectivity index (χ2n) is 5.85. The predicted octanol–water partition coefficient (Wildman–Crippen LogP) is 2.65. The molecule has 6 nitrogen and oxygen atoms in total. The highest BCUT2D eigenvalue weighted by atomic mass is 32.2. The minimum atomic E-state index is -0.435. The van der Waals surface area contributed by atoms with Gasteiger partial charge in [0.15, 0.2) is 5.17 Å². The summed E-state index contributed by atoms with van der Waals surface area (Å²) >= 11 is 1.32. The van der Waals surface area contributed by atoms with Gasteiger partial charge in [-0.3, -0.25) is 14.6 Å². The van der Waals surface area contributed by atoms with E-state index in [0.29, 0.717) is 24.9 Å². The number of rotatable bonds is 8. The highest BCUT2D eigenvalue weighted by molar-refractivity contribution is 8.15. The SMILES string of the molecule is CCOCCCN=C1NC(=O)[C@@H](CC(=O)Nc2c(C)cccc2C)S1. The second-order valence-corrected chi connectivity index (χ2v) is 7.04. The summed E-state index contributed by atoms with van der Waals surface area (Å²) < 4.78 is 5.25. The molecule has 0 aliphatic carbocycles. The normalized spacial score (nSPS) is 18.4. The summed E-state index contributed by atoms with van der Waals surface area (Å²) in [6.45, 7) is 7.81. The van der Waals surface area contributed by atoms with Crippen molar-refractivity contribution in [1.82, 2.24) is 5.32 Å². The number of anilines is 1. The Bertz CT molecular complexity index is 641. The molecule has 1 aliphatic rings. The maximum atomic E-state index is 12.3. The number of nitrogens with one attached hydrogen (secondary N) is 2. The maximum Gasteiger partial charge on any atom is 0.240 e. The van der Waals surface area contributed by atoms with E-state index in [-0.39, 0.29) is 18.2 Å². The fraction of sp³-hybridized carbons (Fsp3) is 0.500. The molecule has 1 aliphatic heterocycles. The van der Waals surface area contributed by atoms with Gasteiger partial charge >= 0.3 is 0 Å². The summed E-state index contributed by atoms with van der Waals surface area (Å²) in [5, 5.41) is 5.81. The van der Waals surface area contributed by atoms with Crippen LogP contribution in [0, 0.1) is 13.8 Å². The van der Waals surface area contributed by atoms with E-state index in [0.717, 1.165) is 23.2 Å². The fourth-order valence-corrected chi connectivity index (χ4v) is 3.47. The third-order valence-electron chi connectivity index (χ3n) is 3.80. The van der Waals surface area contributed by atoms with Crippen LogP contribution in [0.1, 0.15) is 30.9 Å². The average molecular weight is 363 g/mol. The highest BCUT2D eigenvalue weighted by Crippen LogP contribution is 2.24. The fourth-order valence-electron chi connectivity index (χ4n) is 2.48. The number of aliphatic imine (C=N–C) groups is 1. The van der Waals surface area contributed by atoms with Crippen molar-refractivity contribution in [3.05, 3.63) is 29.3 Å². The zero-order valence-corrected chi connectivity index (χ0v) is 15.7. The number of amidine groups is 1. The summed E-state index contributed by atoms with van der Waals surface area (Å²) in [6.07, 6.45) is 0.938. The first-order valence-corrected chi connectivity index (χ1v) is 9.35. The Morgan fingerprint density at radius 3 is 2.76 bits per heavy atom. The van der Waals surface area contributed by atoms with Gasteiger partial charge in [-0.2, -0.15) is 0 Å². The minimum absolute atomic E-state index is 0.127. The summed E-state index contributed by atoms with van der Waals surface area (Å²) in [4.78, 5) is 28.7. The van der Waals surface area contributed by atoms with Gasteiger partial charge < -0.3 is 15.4 Å². The van der Waals surface area contributed by atoms with Gasteiger partial charge in [-0.15, -0.1) is 0 Å². The molecule has 1 fully saturated rings. The van der Waals surface area contributed by atoms with E-state index in [2.05, 4.69) is 15.6 Å². The number of amides is 2. The summed E-state index contributed by atoms with van der Waals surface area (Å²) in [6, 6.07) is 5.86. The van der Waals surface area contributed by atoms with E-state index < -0.39 is 5.25 Å². The number of nitrogens with zero attached hydrogens (tertiary/aromatic N) is 1. The van der Waals surface area contributed by atoms with Crippen molar-refractivity contribution in [2.75, 3.05) is 25.1 Å². The van der Waals surface area contributed by atoms with Crippen molar-refractivity contribution in [2.45, 2.75) is 38.9 Å². The number of carbonyl (C=O) groups is 2. The van der Waals surface area contributed by atoms with Crippen molar-refractivity contribution < 1.29 is 14.3 Å². The van der Waals surface area contributed by atoms with Crippen LogP contribution in [0.4, 0.5) is 5.69 Å². The average Bonchev–Trinajstić information content (AvgIpc) is 2.90. The van der Waals surface area contributed by atoms with E-state index in [1.807, 2.05) is 39.0 Å². The third kappa shape index (κ3) is 5.86. The molecule has 1 aromatic rings. The maximum absolute atomic E-state index is 12.3. The zero-order chi connectivity index (χ0) is 18.2. The molecule has 1 aromatic carbocycles. The number of aryl methyl sites for hydroxylation is 2. The molecule has 0 aromatic heterocycles. The van der Waals surface area contributed by atoms with Crippen LogP contribution in [-0.4, -0.2) is 42.0 Å². The Hall–Kier alpha value is -1.86. The van der Waals surface area contributed by atoms with Gasteiger partial charge in [0.25, 0.3) is 0 Å². The Morgan fingerprint density at radius 1 is 1.36 bits per heavy atom. The van der Waals surface area contributed by atoms with Crippen LogP contribution in [-0.2, 0) is 14.3 Å². The molecule has 2 N–H and O–H groups in total. The number of hydrogen-bond acceptors (Lipinski definition) is 5. The molecule has 0 spiro atoms. The van der Waals surface area contributed by atoms with Crippen LogP contribution in [0.5, 0.6) is 0 Å². The quantitative estimate of drug-likeness (QED) is 0.696. The van der Waals surface area contributed by atoms with E-state index in [1.54, 1.807) is 0 Å². The lowest BCUT2D eigenvalue weighted by atomic mass is 10.1. The van der Waals surface area contributed by atoms with Crippen molar-refractivity contribution in [2.24, 2.45) is 4.99 Å². The molecule has 1 heterocycles. The van der Waals surface area contributed by atoms with Gasteiger partial charge in [-0.05, 0) is 38.3 Å². The van der Waals surface area contributed by atoms with E-state index in [1.165, 1.54) is 11.8 Å². The molecular weight excluding hydrogens is 338 g/mol. The van der Waals surface area contributed by atoms with Crippen molar-refractivity contribution in [3.8, 4) is 0 Å². The van der Waals surface area contributed by atoms with Gasteiger partial charge in [0.05, 0.1) is 0 Å². The molecule has 7 heteroatoms. The number of benzene rings is 1. The predicted molar refractivity (Wildman–Crippen MR) is 102 cm³/mol. The first-order valence-electron chi connectivity index (χ1n) is 8.47. The Balaban J connectivity index is 1.85. The van der Waals surface area contributed by atoms with Crippen LogP contribution in [0.3, 0.4) is 0 Å². The Kier molecular flexibility index (Phi) is 7.46. The number of thioether (sulfide) groups is 1. The van der Waals surface area contributed by atoms with Crippen molar-refractivity contribution in [3.63, 3.8) is 0 Å². The van der Waals surface area contributed by atoms with Crippen molar-refractivity contribution in [1.29, 1.82) is 0 Å². The van der Waals surface area contributed by atoms with Gasteiger partial charge in [-0.1, -0.05) is 30.0 Å². The number of para-hydroxylation sites is 1. The Labute approximate surface area is 152 Å². The molecule has 0 bridgehead atoms. The Morgan fingerprint density at radius 2 is 2.08 bits per heavy atom. The van der Waals surface area contributed by atoms with Gasteiger partial charge in [0.2, 0.25) is 11.8 Å². The van der Waals surface area contributed by atoms with Crippen molar-refractivity contribution >= 4 is 34.4 Å². The zero-order valence-electron chi connectivity index (χ0n) is 14.9. The third-order valence-corrected chi connectivity index (χ3v) is 4.92. The molecular formula is C18H25N3O3S. The van der Waals surface area contributed by atoms with Gasteiger partial charge in [0, 0.05) is 31.9 Å². The molecule has 2 amide bonds. The molecule has 0 saturated carbocycles. The number of ether oxygens (including phenoxy) is 1. The van der Waals surface area contributed by atoms with Gasteiger partial charge in [0.1, 0.15) is 5.25 Å². The van der Waals surface area contributed by atoms with Crippen LogP contribution in [0.2, 0.25) is 0 Å². The van der Waals surface area contributed by atoms with E-state index in [4.69, 9.17) is 4.74 Å². The second kappa shape index (κ2) is 9.58. The molecule has 2 rings (SSSR count). The molecule has 25 heavy (non-hydrogen) atoms. The smallest absolute Gasteiger partial charge is 0.240 e. The molecule has 1 saturated heterocycles. The minimum Gasteiger partial charge on any atom is -0.382 e. The summed E-state index contributed by atoms with van der Waals surface area (Å²) in [5.41, 5.74) is 2.84. The first-order chi connectivity index (χ1) is 12.0. The summed E-state index contributed by atoms with van der Waals surface area (Å²) in [7, 11) is 0. The molecule has 1 atom stereocenters. The van der Waals surface area contributed by atoms with E-state index >= 15 is 0 Å².